The molecule has 0 saturated carbocycles. The number of nitrogens with zero attached hydrogens (tertiary/aromatic N) is 2. The van der Waals surface area contributed by atoms with Crippen molar-refractivity contribution in [2.45, 2.75) is 20.4 Å². The first-order chi connectivity index (χ1) is 12.5. The number of aryl methyl sites for hydroxylation is 2. The summed E-state index contributed by atoms with van der Waals surface area (Å²) in [5.41, 5.74) is 1.89. The molecule has 0 aliphatic rings. The molecule has 1 aromatic carbocycles. The first kappa shape index (κ1) is 18.1. The van der Waals surface area contributed by atoms with Crippen LogP contribution in [0.5, 0.6) is 0 Å². The standard InChI is InChI=1S/C18H20N4O3S/c1-3-22-7-6-13-9-14(4-5-15(13)22)19-17(23)10-26-11-18(24)20-16-8-12(2)25-21-16/h4-9H,3,10-11H2,1-2H3,(H,19,23)(H,20,21,24). The highest BCUT2D eigenvalue weighted by Gasteiger charge is 2.09. The molecule has 2 N–H and O–H groups in total. The van der Waals surface area contributed by atoms with Crippen LogP contribution in [0.15, 0.2) is 41.1 Å². The highest BCUT2D eigenvalue weighted by molar-refractivity contribution is 8.00. The normalized spacial score (nSPS) is 10.8. The van der Waals surface area contributed by atoms with Crippen LogP contribution in [0.25, 0.3) is 10.9 Å². The minimum absolute atomic E-state index is 0.144. The molecule has 7 nitrogen and oxygen atoms in total. The molecule has 0 bridgehead atoms. The monoisotopic (exact) mass is 372 g/mol. The lowest BCUT2D eigenvalue weighted by atomic mass is 10.2. The topological polar surface area (TPSA) is 89.2 Å². The zero-order valence-corrected chi connectivity index (χ0v) is 15.4. The smallest absolute Gasteiger partial charge is 0.235 e. The first-order valence-electron chi connectivity index (χ1n) is 8.25. The summed E-state index contributed by atoms with van der Waals surface area (Å²) >= 11 is 1.24. The van der Waals surface area contributed by atoms with Gasteiger partial charge < -0.3 is 19.7 Å². The maximum atomic E-state index is 12.1. The van der Waals surface area contributed by atoms with E-state index in [1.807, 2.05) is 30.5 Å². The third-order valence-electron chi connectivity index (χ3n) is 3.76. The molecule has 0 saturated heterocycles. The van der Waals surface area contributed by atoms with Gasteiger partial charge in [-0.3, -0.25) is 9.59 Å². The molecule has 0 fully saturated rings. The van der Waals surface area contributed by atoms with Gasteiger partial charge in [-0.1, -0.05) is 5.16 Å². The van der Waals surface area contributed by atoms with E-state index in [2.05, 4.69) is 27.3 Å². The summed E-state index contributed by atoms with van der Waals surface area (Å²) in [7, 11) is 0. The van der Waals surface area contributed by atoms with E-state index in [1.54, 1.807) is 13.0 Å². The van der Waals surface area contributed by atoms with E-state index < -0.39 is 0 Å². The van der Waals surface area contributed by atoms with E-state index in [0.29, 0.717) is 11.6 Å². The maximum absolute atomic E-state index is 12.1. The van der Waals surface area contributed by atoms with Gasteiger partial charge in [0.05, 0.1) is 11.5 Å². The van der Waals surface area contributed by atoms with Gasteiger partial charge >= 0.3 is 0 Å². The lowest BCUT2D eigenvalue weighted by Crippen LogP contribution is -2.18. The van der Waals surface area contributed by atoms with Gasteiger partial charge in [0.1, 0.15) is 5.76 Å². The number of benzene rings is 1. The third kappa shape index (κ3) is 4.45. The molecule has 2 heterocycles. The van der Waals surface area contributed by atoms with Gasteiger partial charge in [-0.05, 0) is 38.1 Å². The maximum Gasteiger partial charge on any atom is 0.235 e. The number of aromatic nitrogens is 2. The summed E-state index contributed by atoms with van der Waals surface area (Å²) in [6, 6.07) is 9.49. The van der Waals surface area contributed by atoms with E-state index in [0.717, 1.165) is 23.1 Å². The largest absolute Gasteiger partial charge is 0.360 e. The number of rotatable bonds is 7. The second-order valence-electron chi connectivity index (χ2n) is 5.79. The Labute approximate surface area is 155 Å². The van der Waals surface area contributed by atoms with Crippen molar-refractivity contribution >= 4 is 46.0 Å². The van der Waals surface area contributed by atoms with E-state index in [-0.39, 0.29) is 23.3 Å². The summed E-state index contributed by atoms with van der Waals surface area (Å²) in [6.45, 7) is 4.74. The van der Waals surface area contributed by atoms with Gasteiger partial charge in [-0.2, -0.15) is 0 Å². The second-order valence-corrected chi connectivity index (χ2v) is 6.77. The highest BCUT2D eigenvalue weighted by Crippen LogP contribution is 2.20. The van der Waals surface area contributed by atoms with Gasteiger partial charge in [0.15, 0.2) is 5.82 Å². The molecule has 0 unspecified atom stereocenters. The van der Waals surface area contributed by atoms with Gasteiger partial charge in [-0.15, -0.1) is 11.8 Å². The van der Waals surface area contributed by atoms with Crippen molar-refractivity contribution in [3.63, 3.8) is 0 Å². The van der Waals surface area contributed by atoms with Crippen LogP contribution in [0, 0.1) is 6.92 Å². The van der Waals surface area contributed by atoms with Crippen molar-refractivity contribution in [2.75, 3.05) is 22.1 Å². The van der Waals surface area contributed by atoms with Gasteiger partial charge in [-0.25, -0.2) is 0 Å². The number of amides is 2. The fourth-order valence-electron chi connectivity index (χ4n) is 2.59. The number of carbonyl (C=O) groups is 2. The molecule has 3 aromatic rings. The average molecular weight is 372 g/mol. The second kappa shape index (κ2) is 8.09. The number of hydrogen-bond acceptors (Lipinski definition) is 5. The molecule has 0 spiro atoms. The zero-order valence-electron chi connectivity index (χ0n) is 14.6. The third-order valence-corrected chi connectivity index (χ3v) is 4.69. The number of fused-ring (bicyclic) bond motifs is 1. The average Bonchev–Trinajstić information content (AvgIpc) is 3.20. The van der Waals surface area contributed by atoms with E-state index >= 15 is 0 Å². The molecular weight excluding hydrogens is 352 g/mol. The van der Waals surface area contributed by atoms with Crippen LogP contribution in [0.4, 0.5) is 11.5 Å². The van der Waals surface area contributed by atoms with Crippen LogP contribution >= 0.6 is 11.8 Å². The van der Waals surface area contributed by atoms with E-state index in [4.69, 9.17) is 4.52 Å². The molecule has 26 heavy (non-hydrogen) atoms. The predicted octanol–water partition coefficient (Wildman–Crippen LogP) is 3.27. The number of anilines is 2. The van der Waals surface area contributed by atoms with Gasteiger partial charge in [0, 0.05) is 35.4 Å². The fourth-order valence-corrected chi connectivity index (χ4v) is 3.21. The number of carbonyl (C=O) groups excluding carboxylic acids is 2. The molecule has 2 aromatic heterocycles. The Balaban J connectivity index is 1.46. The minimum atomic E-state index is -0.224. The van der Waals surface area contributed by atoms with Crippen LogP contribution in [-0.2, 0) is 16.1 Å². The van der Waals surface area contributed by atoms with E-state index in [1.165, 1.54) is 11.8 Å². The summed E-state index contributed by atoms with van der Waals surface area (Å²) in [4.78, 5) is 23.8. The van der Waals surface area contributed by atoms with Crippen molar-refractivity contribution in [2.24, 2.45) is 0 Å². The summed E-state index contributed by atoms with van der Waals surface area (Å²) in [6.07, 6.45) is 2.03. The van der Waals surface area contributed by atoms with Crippen molar-refractivity contribution in [1.82, 2.24) is 9.72 Å². The molecule has 0 atom stereocenters. The summed E-state index contributed by atoms with van der Waals surface area (Å²) in [5.74, 6) is 0.994. The van der Waals surface area contributed by atoms with Crippen LogP contribution in [0.1, 0.15) is 12.7 Å². The first-order valence-corrected chi connectivity index (χ1v) is 9.40. The Morgan fingerprint density at radius 1 is 1.15 bits per heavy atom. The molecule has 0 radical (unpaired) electrons. The highest BCUT2D eigenvalue weighted by atomic mass is 32.2. The number of nitrogens with one attached hydrogen (secondary N) is 2. The van der Waals surface area contributed by atoms with E-state index in [9.17, 15) is 9.59 Å². The number of hydrogen-bond donors (Lipinski definition) is 2. The van der Waals surface area contributed by atoms with Crippen LogP contribution in [0.3, 0.4) is 0 Å². The van der Waals surface area contributed by atoms with Gasteiger partial charge in [0.2, 0.25) is 11.8 Å². The van der Waals surface area contributed by atoms with Crippen molar-refractivity contribution in [3.8, 4) is 0 Å². The minimum Gasteiger partial charge on any atom is -0.360 e. The van der Waals surface area contributed by atoms with Crippen molar-refractivity contribution in [1.29, 1.82) is 0 Å². The lowest BCUT2D eigenvalue weighted by Gasteiger charge is -2.06. The Hall–Kier alpha value is -2.74. The molecule has 8 heteroatoms. The number of thioether (sulfide) groups is 1. The quantitative estimate of drug-likeness (QED) is 0.664. The molecule has 3 rings (SSSR count). The Bertz CT molecular complexity index is 932. The summed E-state index contributed by atoms with van der Waals surface area (Å²) < 4.78 is 7.02. The lowest BCUT2D eigenvalue weighted by molar-refractivity contribution is -0.114. The predicted molar refractivity (Wildman–Crippen MR) is 103 cm³/mol. The molecule has 0 aliphatic heterocycles. The molecule has 0 aliphatic carbocycles. The Kier molecular flexibility index (Phi) is 5.62. The zero-order chi connectivity index (χ0) is 18.5. The van der Waals surface area contributed by atoms with Crippen molar-refractivity contribution in [3.05, 3.63) is 42.3 Å². The summed E-state index contributed by atoms with van der Waals surface area (Å²) in [5, 5.41) is 10.2. The molecule has 2 amide bonds. The molecule has 136 valence electrons. The SMILES string of the molecule is CCn1ccc2cc(NC(=O)CSCC(=O)Nc3cc(C)on3)ccc21. The fraction of sp³-hybridized carbons (Fsp3) is 0.278. The van der Waals surface area contributed by atoms with Gasteiger partial charge in [0.25, 0.3) is 0 Å². The van der Waals surface area contributed by atoms with Crippen LogP contribution in [-0.4, -0.2) is 33.0 Å². The Morgan fingerprint density at radius 3 is 2.62 bits per heavy atom. The Morgan fingerprint density at radius 2 is 1.92 bits per heavy atom. The van der Waals surface area contributed by atoms with Crippen LogP contribution in [0.2, 0.25) is 0 Å². The molecular formula is C18H20N4O3S. The van der Waals surface area contributed by atoms with Crippen LogP contribution < -0.4 is 10.6 Å². The van der Waals surface area contributed by atoms with Crippen molar-refractivity contribution < 1.29 is 14.1 Å².